The van der Waals surface area contributed by atoms with Crippen LogP contribution in [0.15, 0.2) is 30.9 Å². The molecule has 1 aromatic rings. The van der Waals surface area contributed by atoms with Crippen LogP contribution in [0.3, 0.4) is 0 Å². The third-order valence-corrected chi connectivity index (χ3v) is 2.22. The molecule has 5 nitrogen and oxygen atoms in total. The minimum Gasteiger partial charge on any atom is -0.493 e. The van der Waals surface area contributed by atoms with Crippen LogP contribution in [0.4, 0.5) is 0 Å². The fourth-order valence-electron chi connectivity index (χ4n) is 1.47. The summed E-state index contributed by atoms with van der Waals surface area (Å²) < 4.78 is 10.4. The first-order valence-electron chi connectivity index (χ1n) is 5.51. The van der Waals surface area contributed by atoms with Gasteiger partial charge in [-0.3, -0.25) is 0 Å². The van der Waals surface area contributed by atoms with Crippen molar-refractivity contribution in [1.82, 2.24) is 5.32 Å². The molecule has 0 amide bonds. The van der Waals surface area contributed by atoms with Crippen LogP contribution < -0.4 is 14.8 Å². The molecule has 0 saturated carbocycles. The highest BCUT2D eigenvalue weighted by Crippen LogP contribution is 2.30. The Bertz CT molecular complexity index is 417. The van der Waals surface area contributed by atoms with Gasteiger partial charge in [-0.25, -0.2) is 4.79 Å². The lowest BCUT2D eigenvalue weighted by molar-refractivity contribution is -0.139. The van der Waals surface area contributed by atoms with Crippen LogP contribution >= 0.6 is 0 Å². The number of rotatable bonds is 8. The summed E-state index contributed by atoms with van der Waals surface area (Å²) in [4.78, 5) is 10.5. The number of carboxylic acid groups (broad SMARTS) is 1. The van der Waals surface area contributed by atoms with E-state index in [2.05, 4.69) is 11.9 Å². The number of aliphatic carboxylic acids is 1. The molecule has 1 aromatic carbocycles. The molecule has 0 aliphatic rings. The Morgan fingerprint density at radius 1 is 1.56 bits per heavy atom. The van der Waals surface area contributed by atoms with Crippen LogP contribution in [0.25, 0.3) is 0 Å². The molecule has 0 radical (unpaired) electrons. The summed E-state index contributed by atoms with van der Waals surface area (Å²) in [6.07, 6.45) is 1.75. The molecule has 0 bridgehead atoms. The highest BCUT2D eigenvalue weighted by Gasteiger charge is 2.11. The Labute approximate surface area is 106 Å². The summed E-state index contributed by atoms with van der Waals surface area (Å²) in [7, 11) is 1.52. The molecule has 0 heterocycles. The molecule has 2 N–H and O–H groups in total. The van der Waals surface area contributed by atoms with Gasteiger partial charge in [-0.15, -0.1) is 6.58 Å². The normalized spacial score (nSPS) is 9.83. The predicted molar refractivity (Wildman–Crippen MR) is 68.0 cm³/mol. The average Bonchev–Trinajstić information content (AvgIpc) is 2.37. The van der Waals surface area contributed by atoms with Crippen molar-refractivity contribution in [1.29, 1.82) is 0 Å². The third-order valence-electron chi connectivity index (χ3n) is 2.22. The number of hydrogen-bond acceptors (Lipinski definition) is 4. The van der Waals surface area contributed by atoms with E-state index in [1.807, 2.05) is 12.1 Å². The molecule has 1 rings (SSSR count). The maximum Gasteiger partial charge on any atom is 0.341 e. The molecule has 18 heavy (non-hydrogen) atoms. The zero-order valence-electron chi connectivity index (χ0n) is 10.3. The number of nitrogens with one attached hydrogen (secondary N) is 1. The van der Waals surface area contributed by atoms with Crippen molar-refractivity contribution in [2.75, 3.05) is 20.3 Å². The first kappa shape index (κ1) is 14.1. The Morgan fingerprint density at radius 2 is 2.33 bits per heavy atom. The van der Waals surface area contributed by atoms with Crippen molar-refractivity contribution in [3.8, 4) is 11.5 Å². The second-order valence-corrected chi connectivity index (χ2v) is 3.55. The van der Waals surface area contributed by atoms with Gasteiger partial charge in [0, 0.05) is 18.7 Å². The summed E-state index contributed by atoms with van der Waals surface area (Å²) in [5.41, 5.74) is 0.845. The van der Waals surface area contributed by atoms with E-state index in [1.165, 1.54) is 7.11 Å². The molecule has 0 aliphatic carbocycles. The summed E-state index contributed by atoms with van der Waals surface area (Å²) in [6.45, 7) is 4.43. The summed E-state index contributed by atoms with van der Waals surface area (Å²) in [5.74, 6) is -0.0426. The highest BCUT2D eigenvalue weighted by atomic mass is 16.5. The Balaban J connectivity index is 2.85. The molecular formula is C13H17NO4. The van der Waals surface area contributed by atoms with Crippen molar-refractivity contribution in [2.24, 2.45) is 0 Å². The number of carboxylic acids is 1. The van der Waals surface area contributed by atoms with E-state index in [1.54, 1.807) is 12.1 Å². The van der Waals surface area contributed by atoms with Gasteiger partial charge in [0.05, 0.1) is 7.11 Å². The van der Waals surface area contributed by atoms with Gasteiger partial charge >= 0.3 is 5.97 Å². The SMILES string of the molecule is C=CCNCc1cccc(OC)c1OCC(=O)O. The van der Waals surface area contributed by atoms with Crippen LogP contribution in [-0.4, -0.2) is 31.3 Å². The monoisotopic (exact) mass is 251 g/mol. The highest BCUT2D eigenvalue weighted by molar-refractivity contribution is 5.68. The topological polar surface area (TPSA) is 67.8 Å². The van der Waals surface area contributed by atoms with E-state index in [9.17, 15) is 4.79 Å². The predicted octanol–water partition coefficient (Wildman–Crippen LogP) is 1.43. The lowest BCUT2D eigenvalue weighted by atomic mass is 10.2. The average molecular weight is 251 g/mol. The standard InChI is InChI=1S/C13H17NO4/c1-3-7-14-8-10-5-4-6-11(17-2)13(10)18-9-12(15)16/h3-6,14H,1,7-9H2,2H3,(H,15,16). The van der Waals surface area contributed by atoms with Gasteiger partial charge in [-0.2, -0.15) is 0 Å². The van der Waals surface area contributed by atoms with Crippen molar-refractivity contribution < 1.29 is 19.4 Å². The van der Waals surface area contributed by atoms with Gasteiger partial charge in [0.15, 0.2) is 18.1 Å². The zero-order valence-corrected chi connectivity index (χ0v) is 10.3. The molecule has 0 spiro atoms. The van der Waals surface area contributed by atoms with Gasteiger partial charge in [0.1, 0.15) is 0 Å². The van der Waals surface area contributed by atoms with Crippen LogP contribution in [0.1, 0.15) is 5.56 Å². The maximum absolute atomic E-state index is 10.5. The van der Waals surface area contributed by atoms with Crippen molar-refractivity contribution in [2.45, 2.75) is 6.54 Å². The second-order valence-electron chi connectivity index (χ2n) is 3.55. The lowest BCUT2D eigenvalue weighted by Crippen LogP contribution is -2.16. The minimum absolute atomic E-state index is 0.394. The number of para-hydroxylation sites is 1. The summed E-state index contributed by atoms with van der Waals surface area (Å²) >= 11 is 0. The Kier molecular flexibility index (Phi) is 5.73. The molecule has 0 aromatic heterocycles. The molecule has 0 unspecified atom stereocenters. The molecule has 0 fully saturated rings. The fourth-order valence-corrected chi connectivity index (χ4v) is 1.47. The maximum atomic E-state index is 10.5. The molecule has 5 heteroatoms. The Morgan fingerprint density at radius 3 is 2.94 bits per heavy atom. The fraction of sp³-hybridized carbons (Fsp3) is 0.308. The number of benzene rings is 1. The van der Waals surface area contributed by atoms with E-state index in [4.69, 9.17) is 14.6 Å². The smallest absolute Gasteiger partial charge is 0.341 e. The zero-order chi connectivity index (χ0) is 13.4. The molecular weight excluding hydrogens is 234 g/mol. The summed E-state index contributed by atoms with van der Waals surface area (Å²) in [6, 6.07) is 5.42. The van der Waals surface area contributed by atoms with Crippen molar-refractivity contribution in [3.63, 3.8) is 0 Å². The minimum atomic E-state index is -1.02. The molecule has 0 atom stereocenters. The van der Waals surface area contributed by atoms with Gasteiger partial charge in [0.2, 0.25) is 0 Å². The largest absolute Gasteiger partial charge is 0.493 e. The van der Waals surface area contributed by atoms with Gasteiger partial charge < -0.3 is 19.9 Å². The summed E-state index contributed by atoms with van der Waals surface area (Å²) in [5, 5.41) is 11.8. The first-order valence-corrected chi connectivity index (χ1v) is 5.51. The van der Waals surface area contributed by atoms with E-state index in [0.29, 0.717) is 24.6 Å². The van der Waals surface area contributed by atoms with Crippen LogP contribution in [0.5, 0.6) is 11.5 Å². The van der Waals surface area contributed by atoms with Gasteiger partial charge in [0.25, 0.3) is 0 Å². The van der Waals surface area contributed by atoms with Crippen LogP contribution in [-0.2, 0) is 11.3 Å². The van der Waals surface area contributed by atoms with E-state index < -0.39 is 12.6 Å². The third kappa shape index (κ3) is 4.10. The Hall–Kier alpha value is -2.01. The number of carbonyl (C=O) groups is 1. The molecule has 0 aliphatic heterocycles. The van der Waals surface area contributed by atoms with Crippen molar-refractivity contribution >= 4 is 5.97 Å². The van der Waals surface area contributed by atoms with Crippen LogP contribution in [0, 0.1) is 0 Å². The molecule has 0 saturated heterocycles. The van der Waals surface area contributed by atoms with Gasteiger partial charge in [-0.05, 0) is 6.07 Å². The van der Waals surface area contributed by atoms with E-state index in [-0.39, 0.29) is 0 Å². The lowest BCUT2D eigenvalue weighted by Gasteiger charge is -2.14. The number of ether oxygens (including phenoxy) is 2. The van der Waals surface area contributed by atoms with E-state index in [0.717, 1.165) is 5.56 Å². The van der Waals surface area contributed by atoms with Crippen LogP contribution in [0.2, 0.25) is 0 Å². The first-order chi connectivity index (χ1) is 8.69. The quantitative estimate of drug-likeness (QED) is 0.540. The second kappa shape index (κ2) is 7.34. The van der Waals surface area contributed by atoms with Crippen molar-refractivity contribution in [3.05, 3.63) is 36.4 Å². The number of hydrogen-bond donors (Lipinski definition) is 2. The van der Waals surface area contributed by atoms with E-state index >= 15 is 0 Å². The number of methoxy groups -OCH3 is 1. The molecule has 98 valence electrons. The van der Waals surface area contributed by atoms with Gasteiger partial charge in [-0.1, -0.05) is 18.2 Å².